The van der Waals surface area contributed by atoms with Gasteiger partial charge in [0.25, 0.3) is 0 Å². The van der Waals surface area contributed by atoms with Crippen LogP contribution in [0.15, 0.2) is 255 Å². The molecule has 0 spiro atoms. The number of hydrogen-bond donors (Lipinski definition) is 0. The highest BCUT2D eigenvalue weighted by Gasteiger charge is 2.46. The molecule has 0 N–H and O–H groups in total. The number of hydrogen-bond acceptors (Lipinski definition) is 3. The Labute approximate surface area is 447 Å². The molecule has 2 aliphatic carbocycles. The van der Waals surface area contributed by atoms with Crippen LogP contribution >= 0.6 is 0 Å². The molecule has 0 atom stereocenters. The van der Waals surface area contributed by atoms with E-state index in [-0.39, 0.29) is 5.41 Å². The Kier molecular flexibility index (Phi) is 9.27. The molecule has 0 saturated heterocycles. The Balaban J connectivity index is 0.954. The van der Waals surface area contributed by atoms with Crippen molar-refractivity contribution in [3.05, 3.63) is 288 Å². The summed E-state index contributed by atoms with van der Waals surface area (Å²) in [6, 6.07) is 93.0. The summed E-state index contributed by atoms with van der Waals surface area (Å²) in [4.78, 5) is 16.6. The van der Waals surface area contributed by atoms with E-state index < -0.39 is 5.41 Å². The lowest BCUT2D eigenvalue weighted by atomic mass is 9.67. The number of para-hydroxylation sites is 1. The van der Waals surface area contributed by atoms with Gasteiger partial charge in [0, 0.05) is 44.0 Å². The largest absolute Gasteiger partial charge is 0.308 e. The van der Waals surface area contributed by atoms with Gasteiger partial charge in [0.1, 0.15) is 0 Å². The maximum Gasteiger partial charge on any atom is 0.164 e. The van der Waals surface area contributed by atoms with Gasteiger partial charge in [-0.3, -0.25) is 0 Å². The average molecular weight is 981 g/mol. The summed E-state index contributed by atoms with van der Waals surface area (Å²) in [7, 11) is 0. The maximum absolute atomic E-state index is 5.55. The Morgan fingerprint density at radius 1 is 0.312 bits per heavy atom. The fraction of sp³-hybridized carbons (Fsp3) is 0.0548. The van der Waals surface area contributed by atoms with E-state index >= 15 is 0 Å². The van der Waals surface area contributed by atoms with Gasteiger partial charge in [-0.05, 0) is 108 Å². The van der Waals surface area contributed by atoms with E-state index in [9.17, 15) is 0 Å². The minimum absolute atomic E-state index is 0.145. The third kappa shape index (κ3) is 6.18. The van der Waals surface area contributed by atoms with Gasteiger partial charge in [0.2, 0.25) is 0 Å². The summed E-state index contributed by atoms with van der Waals surface area (Å²) >= 11 is 0. The molecule has 0 fully saturated rings. The first-order valence-electron chi connectivity index (χ1n) is 26.7. The van der Waals surface area contributed by atoms with Crippen LogP contribution in [0.2, 0.25) is 0 Å². The summed E-state index contributed by atoms with van der Waals surface area (Å²) in [6.45, 7) is 4.76. The average Bonchev–Trinajstić information content (AvgIpc) is 3.93. The zero-order valence-electron chi connectivity index (χ0n) is 42.5. The van der Waals surface area contributed by atoms with Crippen LogP contribution in [0.4, 0.5) is 0 Å². The fourth-order valence-electron chi connectivity index (χ4n) is 13.6. The molecular weight excluding hydrogens is 933 g/mol. The van der Waals surface area contributed by atoms with E-state index in [1.807, 2.05) is 0 Å². The molecule has 11 aromatic carbocycles. The van der Waals surface area contributed by atoms with Gasteiger partial charge in [-0.25, -0.2) is 15.0 Å². The van der Waals surface area contributed by atoms with Crippen molar-refractivity contribution >= 4 is 21.8 Å². The van der Waals surface area contributed by atoms with Crippen molar-refractivity contribution in [1.29, 1.82) is 0 Å². The number of aromatic nitrogens is 4. The molecule has 4 heteroatoms. The monoisotopic (exact) mass is 980 g/mol. The van der Waals surface area contributed by atoms with Crippen molar-refractivity contribution in [2.45, 2.75) is 24.7 Å². The van der Waals surface area contributed by atoms with Crippen LogP contribution in [0.5, 0.6) is 0 Å². The smallest absolute Gasteiger partial charge is 0.164 e. The highest BCUT2D eigenvalue weighted by atomic mass is 15.0. The van der Waals surface area contributed by atoms with Gasteiger partial charge in [0.15, 0.2) is 17.5 Å². The third-order valence-corrected chi connectivity index (χ3v) is 17.1. The Bertz CT molecular complexity index is 4530. The topological polar surface area (TPSA) is 43.6 Å². The number of benzene rings is 11. The van der Waals surface area contributed by atoms with Crippen LogP contribution < -0.4 is 0 Å². The van der Waals surface area contributed by atoms with E-state index in [4.69, 9.17) is 15.0 Å². The Morgan fingerprint density at radius 2 is 0.831 bits per heavy atom. The van der Waals surface area contributed by atoms with E-state index in [2.05, 4.69) is 273 Å². The standard InChI is InChI=1S/C73H48N4/c1-72(2)62-32-19-30-55-53-29-16-18-33-64(53)77-65-44-49(35-37-54(65)56-39-41-63(72)67(66(55)62)68(56)77)70-74-69(75-71(76-70)57-38-34-47(45-20-7-3-8-21-45)42-58(57)46-22-9-4-10-23-46)48-36-40-61-59(43-48)52-28-15-17-31-60(52)73(61,50-24-11-5-12-25-50)51-26-13-6-14-27-51/h3-44H,1-2H3. The first-order valence-corrected chi connectivity index (χ1v) is 26.7. The van der Waals surface area contributed by atoms with Crippen molar-refractivity contribution in [3.63, 3.8) is 0 Å². The first-order chi connectivity index (χ1) is 37.9. The second-order valence-electron chi connectivity index (χ2n) is 21.4. The van der Waals surface area contributed by atoms with Crippen LogP contribution in [-0.2, 0) is 10.8 Å². The van der Waals surface area contributed by atoms with Crippen LogP contribution in [0.25, 0.3) is 117 Å². The van der Waals surface area contributed by atoms with Crippen LogP contribution in [0.1, 0.15) is 47.2 Å². The molecule has 2 aromatic heterocycles. The minimum Gasteiger partial charge on any atom is -0.308 e. The lowest BCUT2D eigenvalue weighted by Gasteiger charge is -2.33. The third-order valence-electron chi connectivity index (χ3n) is 17.1. The molecule has 4 nitrogen and oxygen atoms in total. The van der Waals surface area contributed by atoms with Gasteiger partial charge < -0.3 is 4.57 Å². The Morgan fingerprint density at radius 3 is 1.57 bits per heavy atom. The molecule has 3 heterocycles. The molecule has 3 aliphatic rings. The summed E-state index contributed by atoms with van der Waals surface area (Å²) in [5, 5.41) is 2.44. The molecule has 0 saturated carbocycles. The van der Waals surface area contributed by atoms with Crippen molar-refractivity contribution in [2.24, 2.45) is 0 Å². The van der Waals surface area contributed by atoms with Gasteiger partial charge in [-0.1, -0.05) is 238 Å². The normalized spacial score (nSPS) is 13.8. The zero-order valence-corrected chi connectivity index (χ0v) is 42.5. The van der Waals surface area contributed by atoms with Crippen molar-refractivity contribution in [1.82, 2.24) is 19.5 Å². The molecule has 77 heavy (non-hydrogen) atoms. The van der Waals surface area contributed by atoms with E-state index in [0.29, 0.717) is 17.5 Å². The molecule has 0 bridgehead atoms. The summed E-state index contributed by atoms with van der Waals surface area (Å²) in [6.07, 6.45) is 0. The molecule has 0 unspecified atom stereocenters. The summed E-state index contributed by atoms with van der Waals surface area (Å²) in [5.41, 5.74) is 25.3. The van der Waals surface area contributed by atoms with Gasteiger partial charge in [-0.15, -0.1) is 0 Å². The van der Waals surface area contributed by atoms with E-state index in [1.54, 1.807) is 0 Å². The quantitative estimate of drug-likeness (QED) is 0.160. The lowest BCUT2D eigenvalue weighted by molar-refractivity contribution is 0.661. The van der Waals surface area contributed by atoms with Crippen molar-refractivity contribution in [2.75, 3.05) is 0 Å². The number of nitrogens with zero attached hydrogens (tertiary/aromatic N) is 4. The highest BCUT2D eigenvalue weighted by molar-refractivity contribution is 6.19. The second kappa shape index (κ2) is 16.4. The van der Waals surface area contributed by atoms with Crippen LogP contribution in [0.3, 0.4) is 0 Å². The van der Waals surface area contributed by atoms with Crippen molar-refractivity contribution < 1.29 is 0 Å². The zero-order chi connectivity index (χ0) is 51.0. The lowest BCUT2D eigenvalue weighted by Crippen LogP contribution is -2.28. The molecule has 16 rings (SSSR count). The number of fused-ring (bicyclic) bond motifs is 9. The molecule has 13 aromatic rings. The fourth-order valence-corrected chi connectivity index (χ4v) is 13.6. The van der Waals surface area contributed by atoms with Gasteiger partial charge in [-0.2, -0.15) is 0 Å². The summed E-state index contributed by atoms with van der Waals surface area (Å²) < 4.78 is 2.52. The van der Waals surface area contributed by atoms with Crippen molar-refractivity contribution in [3.8, 4) is 95.5 Å². The van der Waals surface area contributed by atoms with E-state index in [1.165, 1.54) is 88.7 Å². The second-order valence-corrected chi connectivity index (χ2v) is 21.4. The first kappa shape index (κ1) is 43.6. The Hall–Kier alpha value is -9.77. The predicted molar refractivity (Wildman–Crippen MR) is 315 cm³/mol. The van der Waals surface area contributed by atoms with Crippen LogP contribution in [0, 0.1) is 0 Å². The van der Waals surface area contributed by atoms with Crippen LogP contribution in [-0.4, -0.2) is 19.5 Å². The highest BCUT2D eigenvalue weighted by Crippen LogP contribution is 2.59. The summed E-state index contributed by atoms with van der Waals surface area (Å²) in [5.74, 6) is 1.83. The number of rotatable bonds is 7. The van der Waals surface area contributed by atoms with Gasteiger partial charge >= 0.3 is 0 Å². The SMILES string of the molecule is CC1(C)c2cccc3c2-c2c1ccc1c4ccc(-c5nc(-c6ccc7c(c6)-c6ccccc6C7(c6ccccc6)c6ccccc6)nc(-c6ccc(-c7ccccc7)cc6-c6ccccc6)n5)cc4n(c21)-c1ccccc1-3. The minimum atomic E-state index is -0.528. The molecule has 1 aliphatic heterocycles. The molecular formula is C73H48N4. The van der Waals surface area contributed by atoms with Gasteiger partial charge in [0.05, 0.1) is 22.1 Å². The molecule has 360 valence electrons. The van der Waals surface area contributed by atoms with E-state index in [0.717, 1.165) is 44.5 Å². The maximum atomic E-state index is 5.55. The molecule has 0 radical (unpaired) electrons. The predicted octanol–water partition coefficient (Wildman–Crippen LogP) is 18.0. The molecule has 0 amide bonds.